The number of hydrogen-bond acceptors (Lipinski definition) is 0. The van der Waals surface area contributed by atoms with E-state index in [4.69, 9.17) is 11.6 Å². The van der Waals surface area contributed by atoms with E-state index in [0.29, 0.717) is 10.2 Å². The Kier molecular flexibility index (Phi) is 1.53. The molecule has 0 nitrogen and oxygen atoms in total. The van der Waals surface area contributed by atoms with Crippen molar-refractivity contribution in [2.24, 2.45) is 11.8 Å². The smallest absolute Gasteiger partial charge is 0.0492 e. The van der Waals surface area contributed by atoms with Crippen LogP contribution in [0.25, 0.3) is 0 Å². The quantitative estimate of drug-likeness (QED) is 0.538. The fourth-order valence-corrected chi connectivity index (χ4v) is 3.50. The van der Waals surface area contributed by atoms with Crippen LogP contribution in [0.1, 0.15) is 19.3 Å². The fraction of sp³-hybridized carbons (Fsp3) is 1.00. The van der Waals surface area contributed by atoms with Gasteiger partial charge in [-0.25, -0.2) is 0 Å². The second-order valence-corrected chi connectivity index (χ2v) is 4.78. The maximum atomic E-state index is 6.11. The lowest BCUT2D eigenvalue weighted by Crippen LogP contribution is -2.21. The summed E-state index contributed by atoms with van der Waals surface area (Å²) in [5.74, 6) is 1.73. The maximum absolute atomic E-state index is 6.11. The van der Waals surface area contributed by atoms with Crippen molar-refractivity contribution in [3.63, 3.8) is 0 Å². The van der Waals surface area contributed by atoms with E-state index < -0.39 is 0 Å². The lowest BCUT2D eigenvalue weighted by atomic mass is 10.0. The third kappa shape index (κ3) is 0.848. The van der Waals surface area contributed by atoms with Gasteiger partial charge < -0.3 is 0 Å². The van der Waals surface area contributed by atoms with Gasteiger partial charge >= 0.3 is 0 Å². The minimum Gasteiger partial charge on any atom is -0.121 e. The van der Waals surface area contributed by atoms with Crippen LogP contribution >= 0.6 is 27.5 Å². The zero-order valence-corrected chi connectivity index (χ0v) is 7.53. The van der Waals surface area contributed by atoms with Crippen LogP contribution in [0.3, 0.4) is 0 Å². The normalized spacial score (nSPS) is 56.7. The van der Waals surface area contributed by atoms with Crippen LogP contribution in [0.5, 0.6) is 0 Å². The Balaban J connectivity index is 2.15. The van der Waals surface area contributed by atoms with Gasteiger partial charge in [0.25, 0.3) is 0 Å². The molecule has 0 spiro atoms. The van der Waals surface area contributed by atoms with Crippen LogP contribution in [-0.4, -0.2) is 10.2 Å². The van der Waals surface area contributed by atoms with Gasteiger partial charge in [-0.15, -0.1) is 11.6 Å². The summed E-state index contributed by atoms with van der Waals surface area (Å²) in [5, 5.41) is 0.434. The number of rotatable bonds is 0. The van der Waals surface area contributed by atoms with Crippen LogP contribution in [0.4, 0.5) is 0 Å². The molecule has 2 fully saturated rings. The van der Waals surface area contributed by atoms with Gasteiger partial charge in [-0.1, -0.05) is 15.9 Å². The van der Waals surface area contributed by atoms with E-state index in [1.807, 2.05) is 0 Å². The molecule has 0 aromatic heterocycles. The topological polar surface area (TPSA) is 0 Å². The summed E-state index contributed by atoms with van der Waals surface area (Å²) < 4.78 is 0. The summed E-state index contributed by atoms with van der Waals surface area (Å²) in [5.41, 5.74) is 0. The molecular formula is C7H10BrCl. The van der Waals surface area contributed by atoms with E-state index in [1.165, 1.54) is 19.3 Å². The SMILES string of the molecule is Cl[C@H]1[C@H]2CC[C@H](C2)[C@H]1Br. The molecule has 0 aromatic rings. The second-order valence-electron chi connectivity index (χ2n) is 3.22. The van der Waals surface area contributed by atoms with Crippen LogP contribution in [0.2, 0.25) is 0 Å². The largest absolute Gasteiger partial charge is 0.121 e. The molecule has 0 saturated heterocycles. The number of halogens is 2. The molecule has 2 rings (SSSR count). The molecule has 0 aliphatic heterocycles. The fourth-order valence-electron chi connectivity index (χ4n) is 2.15. The maximum Gasteiger partial charge on any atom is 0.0492 e. The van der Waals surface area contributed by atoms with Crippen LogP contribution < -0.4 is 0 Å². The molecule has 0 amide bonds. The minimum absolute atomic E-state index is 0.434. The molecule has 0 heterocycles. The summed E-state index contributed by atoms with van der Waals surface area (Å²) in [7, 11) is 0. The second kappa shape index (κ2) is 2.13. The van der Waals surface area contributed by atoms with Gasteiger partial charge in [0.05, 0.1) is 0 Å². The molecule has 0 radical (unpaired) electrons. The summed E-state index contributed by atoms with van der Waals surface area (Å²) in [4.78, 5) is 0.623. The third-order valence-corrected chi connectivity index (χ3v) is 4.97. The third-order valence-electron chi connectivity index (χ3n) is 2.72. The molecule has 2 saturated carbocycles. The zero-order chi connectivity index (χ0) is 6.43. The van der Waals surface area contributed by atoms with Crippen molar-refractivity contribution < 1.29 is 0 Å². The van der Waals surface area contributed by atoms with E-state index >= 15 is 0 Å². The number of hydrogen-bond donors (Lipinski definition) is 0. The predicted octanol–water partition coefficient (Wildman–Crippen LogP) is 2.79. The monoisotopic (exact) mass is 208 g/mol. The highest BCUT2D eigenvalue weighted by atomic mass is 79.9. The molecule has 4 atom stereocenters. The van der Waals surface area contributed by atoms with E-state index in [0.717, 1.165) is 11.8 Å². The van der Waals surface area contributed by atoms with Gasteiger partial charge in [-0.3, -0.25) is 0 Å². The first-order valence-electron chi connectivity index (χ1n) is 3.57. The van der Waals surface area contributed by atoms with Crippen LogP contribution in [-0.2, 0) is 0 Å². The molecule has 2 aliphatic rings. The van der Waals surface area contributed by atoms with E-state index in [-0.39, 0.29) is 0 Å². The number of fused-ring (bicyclic) bond motifs is 2. The first kappa shape index (κ1) is 6.48. The Labute approximate surface area is 69.1 Å². The minimum atomic E-state index is 0.434. The average molecular weight is 210 g/mol. The van der Waals surface area contributed by atoms with Crippen molar-refractivity contribution in [3.05, 3.63) is 0 Å². The zero-order valence-electron chi connectivity index (χ0n) is 5.19. The van der Waals surface area contributed by atoms with Crippen LogP contribution in [0, 0.1) is 11.8 Å². The Morgan fingerprint density at radius 1 is 1.22 bits per heavy atom. The molecule has 52 valence electrons. The van der Waals surface area contributed by atoms with E-state index in [9.17, 15) is 0 Å². The lowest BCUT2D eigenvalue weighted by Gasteiger charge is -2.20. The highest BCUT2D eigenvalue weighted by Crippen LogP contribution is 2.50. The van der Waals surface area contributed by atoms with Gasteiger partial charge in [-0.2, -0.15) is 0 Å². The van der Waals surface area contributed by atoms with Crippen molar-refractivity contribution in [1.29, 1.82) is 0 Å². The Bertz CT molecular complexity index is 108. The Morgan fingerprint density at radius 2 is 1.89 bits per heavy atom. The Hall–Kier alpha value is 0.770. The summed E-state index contributed by atoms with van der Waals surface area (Å²) in [6, 6.07) is 0. The summed E-state index contributed by atoms with van der Waals surface area (Å²) in [6.45, 7) is 0. The van der Waals surface area contributed by atoms with Gasteiger partial charge in [0.15, 0.2) is 0 Å². The Morgan fingerprint density at radius 3 is 2.22 bits per heavy atom. The van der Waals surface area contributed by atoms with Crippen molar-refractivity contribution in [3.8, 4) is 0 Å². The highest BCUT2D eigenvalue weighted by Gasteiger charge is 2.45. The molecule has 9 heavy (non-hydrogen) atoms. The molecule has 2 bridgehead atoms. The first-order valence-corrected chi connectivity index (χ1v) is 4.92. The molecular weight excluding hydrogens is 199 g/mol. The lowest BCUT2D eigenvalue weighted by molar-refractivity contribution is 0.504. The van der Waals surface area contributed by atoms with Crippen molar-refractivity contribution in [2.75, 3.05) is 0 Å². The van der Waals surface area contributed by atoms with Crippen molar-refractivity contribution in [1.82, 2.24) is 0 Å². The molecule has 2 heteroatoms. The van der Waals surface area contributed by atoms with Crippen LogP contribution in [0.15, 0.2) is 0 Å². The van der Waals surface area contributed by atoms with E-state index in [2.05, 4.69) is 15.9 Å². The van der Waals surface area contributed by atoms with Gasteiger partial charge in [0.2, 0.25) is 0 Å². The molecule has 0 N–H and O–H groups in total. The first-order chi connectivity index (χ1) is 4.29. The van der Waals surface area contributed by atoms with Gasteiger partial charge in [0, 0.05) is 10.2 Å². The highest BCUT2D eigenvalue weighted by molar-refractivity contribution is 9.09. The van der Waals surface area contributed by atoms with E-state index in [1.54, 1.807) is 0 Å². The standard InChI is InChI=1S/C7H10BrCl/c8-6-4-1-2-5(3-4)7(6)9/h4-7H,1-3H2/t4-,5+,6-,7+/m1/s1. The predicted molar refractivity (Wildman–Crippen MR) is 43.2 cm³/mol. The molecule has 0 aromatic carbocycles. The molecule has 2 aliphatic carbocycles. The summed E-state index contributed by atoms with van der Waals surface area (Å²) in [6.07, 6.45) is 4.16. The average Bonchev–Trinajstić information content (AvgIpc) is 2.37. The summed E-state index contributed by atoms with van der Waals surface area (Å²) >= 11 is 9.74. The van der Waals surface area contributed by atoms with Gasteiger partial charge in [-0.05, 0) is 31.1 Å². The van der Waals surface area contributed by atoms with Crippen molar-refractivity contribution in [2.45, 2.75) is 29.5 Å². The molecule has 0 unspecified atom stereocenters. The van der Waals surface area contributed by atoms with Crippen molar-refractivity contribution >= 4 is 27.5 Å². The number of alkyl halides is 2. The van der Waals surface area contributed by atoms with Gasteiger partial charge in [0.1, 0.15) is 0 Å².